The van der Waals surface area contributed by atoms with Crippen LogP contribution in [-0.4, -0.2) is 15.7 Å². The summed E-state index contributed by atoms with van der Waals surface area (Å²) in [6.07, 6.45) is 6.96. The number of aryl methyl sites for hydroxylation is 1. The van der Waals surface area contributed by atoms with Crippen LogP contribution in [0.3, 0.4) is 0 Å². The second-order valence-corrected chi connectivity index (χ2v) is 5.75. The Morgan fingerprint density at radius 3 is 2.48 bits per heavy atom. The molecule has 0 bridgehead atoms. The van der Waals surface area contributed by atoms with Crippen LogP contribution < -0.4 is 5.43 Å². The van der Waals surface area contributed by atoms with E-state index in [2.05, 4.69) is 67.6 Å². The Bertz CT molecular complexity index is 591. The molecule has 0 saturated carbocycles. The SMILES string of the molecule is CCCCc1ccc(C(C)=NNc2ncc(Br)cn2)cc1. The minimum atomic E-state index is 0.483. The summed E-state index contributed by atoms with van der Waals surface area (Å²) in [6.45, 7) is 4.17. The van der Waals surface area contributed by atoms with Crippen molar-refractivity contribution in [1.29, 1.82) is 0 Å². The lowest BCUT2D eigenvalue weighted by Crippen LogP contribution is -2.02. The van der Waals surface area contributed by atoms with Gasteiger partial charge in [-0.2, -0.15) is 5.10 Å². The van der Waals surface area contributed by atoms with Crippen molar-refractivity contribution >= 4 is 27.6 Å². The number of halogens is 1. The van der Waals surface area contributed by atoms with Crippen molar-refractivity contribution < 1.29 is 0 Å². The number of rotatable bonds is 6. The summed E-state index contributed by atoms with van der Waals surface area (Å²) in [5.41, 5.74) is 6.24. The Morgan fingerprint density at radius 2 is 1.86 bits per heavy atom. The molecular formula is C16H19BrN4. The van der Waals surface area contributed by atoms with E-state index in [-0.39, 0.29) is 0 Å². The van der Waals surface area contributed by atoms with Crippen LogP contribution in [0, 0.1) is 0 Å². The first-order valence-corrected chi connectivity index (χ1v) is 7.85. The molecule has 0 atom stereocenters. The third-order valence-electron chi connectivity index (χ3n) is 3.13. The molecule has 0 spiro atoms. The molecule has 0 aliphatic heterocycles. The van der Waals surface area contributed by atoms with Gasteiger partial charge in [0.2, 0.25) is 5.95 Å². The molecule has 0 aliphatic rings. The lowest BCUT2D eigenvalue weighted by atomic mass is 10.0. The van der Waals surface area contributed by atoms with Gasteiger partial charge in [0.1, 0.15) is 0 Å². The van der Waals surface area contributed by atoms with Gasteiger partial charge in [-0.25, -0.2) is 15.4 Å². The van der Waals surface area contributed by atoms with Gasteiger partial charge in [0.05, 0.1) is 10.2 Å². The van der Waals surface area contributed by atoms with E-state index in [4.69, 9.17) is 0 Å². The quantitative estimate of drug-likeness (QED) is 0.622. The molecule has 0 fully saturated rings. The lowest BCUT2D eigenvalue weighted by Gasteiger charge is -2.04. The molecule has 0 aliphatic carbocycles. The van der Waals surface area contributed by atoms with Crippen molar-refractivity contribution in [3.8, 4) is 0 Å². The van der Waals surface area contributed by atoms with Crippen LogP contribution in [0.2, 0.25) is 0 Å². The average Bonchev–Trinajstić information content (AvgIpc) is 2.52. The van der Waals surface area contributed by atoms with E-state index < -0.39 is 0 Å². The summed E-state index contributed by atoms with van der Waals surface area (Å²) in [5, 5.41) is 4.31. The molecule has 21 heavy (non-hydrogen) atoms. The minimum Gasteiger partial charge on any atom is -0.245 e. The van der Waals surface area contributed by atoms with Crippen molar-refractivity contribution in [2.24, 2.45) is 5.10 Å². The fourth-order valence-corrected chi connectivity index (χ4v) is 2.07. The number of hydrazone groups is 1. The molecule has 0 saturated heterocycles. The lowest BCUT2D eigenvalue weighted by molar-refractivity contribution is 0.795. The highest BCUT2D eigenvalue weighted by Crippen LogP contribution is 2.10. The molecule has 2 aromatic rings. The van der Waals surface area contributed by atoms with Gasteiger partial charge in [-0.15, -0.1) is 0 Å². The molecule has 1 heterocycles. The molecule has 2 rings (SSSR count). The Kier molecular flexibility index (Phi) is 5.87. The Hall–Kier alpha value is -1.75. The van der Waals surface area contributed by atoms with Crippen LogP contribution in [-0.2, 0) is 6.42 Å². The van der Waals surface area contributed by atoms with Gasteiger partial charge in [0.15, 0.2) is 0 Å². The van der Waals surface area contributed by atoms with Gasteiger partial charge < -0.3 is 0 Å². The highest BCUT2D eigenvalue weighted by Gasteiger charge is 1.99. The third-order valence-corrected chi connectivity index (χ3v) is 3.54. The number of hydrogen-bond acceptors (Lipinski definition) is 4. The van der Waals surface area contributed by atoms with Gasteiger partial charge in [-0.3, -0.25) is 0 Å². The highest BCUT2D eigenvalue weighted by atomic mass is 79.9. The van der Waals surface area contributed by atoms with E-state index in [1.165, 1.54) is 18.4 Å². The number of unbranched alkanes of at least 4 members (excludes halogenated alkanes) is 1. The molecule has 0 unspecified atom stereocenters. The summed E-state index contributed by atoms with van der Waals surface area (Å²) in [4.78, 5) is 8.23. The van der Waals surface area contributed by atoms with Crippen LogP contribution in [0.5, 0.6) is 0 Å². The number of benzene rings is 1. The summed E-state index contributed by atoms with van der Waals surface area (Å²) in [7, 11) is 0. The number of aromatic nitrogens is 2. The maximum atomic E-state index is 4.31. The molecule has 1 N–H and O–H groups in total. The first-order valence-electron chi connectivity index (χ1n) is 7.06. The minimum absolute atomic E-state index is 0.483. The van der Waals surface area contributed by atoms with E-state index in [1.807, 2.05) is 6.92 Å². The predicted molar refractivity (Wildman–Crippen MR) is 90.6 cm³/mol. The Labute approximate surface area is 133 Å². The zero-order valence-electron chi connectivity index (χ0n) is 12.3. The van der Waals surface area contributed by atoms with Crippen LogP contribution in [0.15, 0.2) is 46.2 Å². The average molecular weight is 347 g/mol. The Balaban J connectivity index is 1.99. The fraction of sp³-hybridized carbons (Fsp3) is 0.312. The highest BCUT2D eigenvalue weighted by molar-refractivity contribution is 9.10. The number of nitrogens with one attached hydrogen (secondary N) is 1. The maximum absolute atomic E-state index is 4.31. The normalized spacial score (nSPS) is 11.5. The van der Waals surface area contributed by atoms with Gasteiger partial charge in [0.25, 0.3) is 0 Å². The van der Waals surface area contributed by atoms with Crippen molar-refractivity contribution in [2.45, 2.75) is 33.1 Å². The van der Waals surface area contributed by atoms with Crippen molar-refractivity contribution in [1.82, 2.24) is 9.97 Å². The molecule has 1 aromatic carbocycles. The first-order chi connectivity index (χ1) is 10.2. The first kappa shape index (κ1) is 15.6. The number of anilines is 1. The monoisotopic (exact) mass is 346 g/mol. The largest absolute Gasteiger partial charge is 0.245 e. The molecule has 1 aromatic heterocycles. The molecule has 0 radical (unpaired) electrons. The van der Waals surface area contributed by atoms with E-state index >= 15 is 0 Å². The number of nitrogens with zero attached hydrogens (tertiary/aromatic N) is 3. The van der Waals surface area contributed by atoms with Crippen molar-refractivity contribution in [3.05, 3.63) is 52.3 Å². The van der Waals surface area contributed by atoms with Crippen LogP contribution in [0.4, 0.5) is 5.95 Å². The zero-order chi connectivity index (χ0) is 15.1. The summed E-state index contributed by atoms with van der Waals surface area (Å²) < 4.78 is 0.844. The molecule has 4 nitrogen and oxygen atoms in total. The standard InChI is InChI=1S/C16H19BrN4/c1-3-4-5-13-6-8-14(9-7-13)12(2)20-21-16-18-10-15(17)11-19-16/h6-11H,3-5H2,1-2H3,(H,18,19,21). The molecule has 0 amide bonds. The van der Waals surface area contributed by atoms with Crippen molar-refractivity contribution in [2.75, 3.05) is 5.43 Å². The van der Waals surface area contributed by atoms with E-state index in [9.17, 15) is 0 Å². The van der Waals surface area contributed by atoms with E-state index in [1.54, 1.807) is 12.4 Å². The second kappa shape index (κ2) is 7.88. The summed E-state index contributed by atoms with van der Waals surface area (Å²) >= 11 is 3.30. The Morgan fingerprint density at radius 1 is 1.19 bits per heavy atom. The van der Waals surface area contributed by atoms with Gasteiger partial charge >= 0.3 is 0 Å². The number of hydrogen-bond donors (Lipinski definition) is 1. The zero-order valence-corrected chi connectivity index (χ0v) is 13.9. The smallest absolute Gasteiger partial charge is 0.243 e. The van der Waals surface area contributed by atoms with Crippen LogP contribution in [0.25, 0.3) is 0 Å². The fourth-order valence-electron chi connectivity index (χ4n) is 1.86. The maximum Gasteiger partial charge on any atom is 0.243 e. The molecular weight excluding hydrogens is 328 g/mol. The summed E-state index contributed by atoms with van der Waals surface area (Å²) in [5.74, 6) is 0.483. The van der Waals surface area contributed by atoms with Gasteiger partial charge in [-0.05, 0) is 46.8 Å². The van der Waals surface area contributed by atoms with Crippen LogP contribution >= 0.6 is 15.9 Å². The van der Waals surface area contributed by atoms with Gasteiger partial charge in [-0.1, -0.05) is 37.6 Å². The van der Waals surface area contributed by atoms with Gasteiger partial charge in [0, 0.05) is 12.4 Å². The van der Waals surface area contributed by atoms with E-state index in [0.29, 0.717) is 5.95 Å². The third kappa shape index (κ3) is 4.93. The predicted octanol–water partition coefficient (Wildman–Crippen LogP) is 4.42. The van der Waals surface area contributed by atoms with Crippen molar-refractivity contribution in [3.63, 3.8) is 0 Å². The summed E-state index contributed by atoms with van der Waals surface area (Å²) in [6, 6.07) is 8.54. The topological polar surface area (TPSA) is 50.2 Å². The molecule has 5 heteroatoms. The second-order valence-electron chi connectivity index (χ2n) is 4.83. The van der Waals surface area contributed by atoms with E-state index in [0.717, 1.165) is 22.2 Å². The van der Waals surface area contributed by atoms with Crippen LogP contribution in [0.1, 0.15) is 37.8 Å². The molecule has 110 valence electrons.